The fourth-order valence-corrected chi connectivity index (χ4v) is 9.10. The van der Waals surface area contributed by atoms with Crippen LogP contribution in [0.2, 0.25) is 20.1 Å². The molecule has 0 aliphatic carbocycles. The minimum Gasteiger partial charge on any atom is -0.478 e. The molecule has 2 heterocycles. The number of carbonyl (C=O) groups excluding carboxylic acids is 4. The molecule has 58 heavy (non-hydrogen) atoms. The summed E-state index contributed by atoms with van der Waals surface area (Å²) in [6.45, 7) is 0. The first-order valence-corrected chi connectivity index (χ1v) is 17.9. The van der Waals surface area contributed by atoms with Crippen LogP contribution < -0.4 is 9.80 Å². The lowest BCUT2D eigenvalue weighted by atomic mass is 9.81. The van der Waals surface area contributed by atoms with Crippen molar-refractivity contribution in [1.29, 1.82) is 0 Å². The Morgan fingerprint density at radius 3 is 0.776 bits per heavy atom. The van der Waals surface area contributed by atoms with Crippen LogP contribution in [0.1, 0.15) is 82.9 Å². The molecular weight excluding hydrogens is 842 g/mol. The summed E-state index contributed by atoms with van der Waals surface area (Å²) < 4.78 is 0. The first-order chi connectivity index (χ1) is 27.4. The van der Waals surface area contributed by atoms with Crippen LogP contribution in [0.15, 0.2) is 60.7 Å². The molecule has 0 spiro atoms. The topological polar surface area (TPSA) is 224 Å². The first-order valence-electron chi connectivity index (χ1n) is 16.4. The van der Waals surface area contributed by atoms with Gasteiger partial charge in [-0.2, -0.15) is 0 Å². The van der Waals surface area contributed by atoms with E-state index in [9.17, 15) is 58.8 Å². The lowest BCUT2D eigenvalue weighted by molar-refractivity contribution is 0.0676. The quantitative estimate of drug-likeness (QED) is 0.0700. The Kier molecular flexibility index (Phi) is 7.82. The number of fused-ring (bicyclic) bond motifs is 2. The summed E-state index contributed by atoms with van der Waals surface area (Å²) in [6, 6.07) is 10.6. The summed E-state index contributed by atoms with van der Waals surface area (Å²) in [6.07, 6.45) is 0. The standard InChI is InChI=1S/C40H14Cl4N2O12/c41-21-7-17-25-18(34(48)45(33(17)47)15-3-11(37(51)52)1-12(4-15)38(53)54)8-22(42)28-30-24(44)10-20-26-19(9-23(43)29(32(26)30)27(21)31(25)28)35(49)46(36(20)50)16-5-13(39(55)56)2-14(6-16)40(57)58/h1-10H,(H,51,52)(H,53,54)(H,55,56)(H,57,58). The maximum absolute atomic E-state index is 14.3. The van der Waals surface area contributed by atoms with Crippen molar-refractivity contribution in [3.63, 3.8) is 0 Å². The zero-order valence-corrected chi connectivity index (χ0v) is 31.3. The van der Waals surface area contributed by atoms with Crippen molar-refractivity contribution in [2.45, 2.75) is 0 Å². The summed E-state index contributed by atoms with van der Waals surface area (Å²) in [7, 11) is 0. The van der Waals surface area contributed by atoms with Crippen LogP contribution in [0, 0.1) is 0 Å². The largest absolute Gasteiger partial charge is 0.478 e. The van der Waals surface area contributed by atoms with Gasteiger partial charge in [0.25, 0.3) is 23.6 Å². The molecule has 0 saturated carbocycles. The molecule has 0 aromatic heterocycles. The van der Waals surface area contributed by atoms with Gasteiger partial charge in [-0.3, -0.25) is 19.2 Å². The van der Waals surface area contributed by atoms with Crippen molar-refractivity contribution in [1.82, 2.24) is 0 Å². The molecule has 2 aliphatic rings. The number of halogens is 4. The van der Waals surface area contributed by atoms with Crippen LogP contribution in [0.25, 0.3) is 43.1 Å². The van der Waals surface area contributed by atoms with Gasteiger partial charge in [-0.15, -0.1) is 0 Å². The highest BCUT2D eigenvalue weighted by molar-refractivity contribution is 6.57. The highest BCUT2D eigenvalue weighted by Crippen LogP contribution is 2.54. The molecule has 4 N–H and O–H groups in total. The average molecular weight is 856 g/mol. The van der Waals surface area contributed by atoms with Gasteiger partial charge in [-0.05, 0) is 60.7 Å². The fraction of sp³-hybridized carbons (Fsp3) is 0. The Hall–Kier alpha value is -6.84. The van der Waals surface area contributed by atoms with Crippen molar-refractivity contribution in [2.75, 3.05) is 9.80 Å². The summed E-state index contributed by atoms with van der Waals surface area (Å²) >= 11 is 28.0. The molecule has 2 aliphatic heterocycles. The number of carboxylic acid groups (broad SMARTS) is 4. The Morgan fingerprint density at radius 1 is 0.345 bits per heavy atom. The number of imide groups is 2. The van der Waals surface area contributed by atoms with Gasteiger partial charge in [-0.1, -0.05) is 46.4 Å². The van der Waals surface area contributed by atoms with Crippen LogP contribution in [0.5, 0.6) is 0 Å². The van der Waals surface area contributed by atoms with E-state index in [2.05, 4.69) is 0 Å². The van der Waals surface area contributed by atoms with Gasteiger partial charge >= 0.3 is 23.9 Å². The van der Waals surface area contributed by atoms with Crippen LogP contribution in [0.3, 0.4) is 0 Å². The predicted molar refractivity (Wildman–Crippen MR) is 211 cm³/mol. The molecule has 284 valence electrons. The van der Waals surface area contributed by atoms with Gasteiger partial charge in [0.05, 0.1) is 55.9 Å². The summed E-state index contributed by atoms with van der Waals surface area (Å²) in [5.41, 5.74) is -3.37. The lowest BCUT2D eigenvalue weighted by Gasteiger charge is -2.31. The highest BCUT2D eigenvalue weighted by Gasteiger charge is 2.41. The summed E-state index contributed by atoms with van der Waals surface area (Å²) in [4.78, 5) is 106. The molecule has 9 rings (SSSR count). The van der Waals surface area contributed by atoms with Gasteiger partial charge < -0.3 is 20.4 Å². The van der Waals surface area contributed by atoms with Crippen LogP contribution in [-0.2, 0) is 0 Å². The van der Waals surface area contributed by atoms with Gasteiger partial charge in [0.2, 0.25) is 0 Å². The zero-order chi connectivity index (χ0) is 41.5. The Balaban J connectivity index is 1.34. The van der Waals surface area contributed by atoms with E-state index in [1.807, 2.05) is 0 Å². The molecule has 7 aromatic carbocycles. The van der Waals surface area contributed by atoms with Crippen LogP contribution >= 0.6 is 46.4 Å². The molecule has 0 fully saturated rings. The lowest BCUT2D eigenvalue weighted by Crippen LogP contribution is -2.41. The number of rotatable bonds is 6. The van der Waals surface area contributed by atoms with Gasteiger partial charge in [0.15, 0.2) is 0 Å². The average Bonchev–Trinajstić information content (AvgIpc) is 3.16. The van der Waals surface area contributed by atoms with E-state index < -0.39 is 69.8 Å². The van der Waals surface area contributed by atoms with E-state index in [0.29, 0.717) is 9.80 Å². The van der Waals surface area contributed by atoms with E-state index in [4.69, 9.17) is 46.4 Å². The number of benzene rings is 7. The first kappa shape index (κ1) is 36.8. The third-order valence-corrected chi connectivity index (χ3v) is 11.4. The molecule has 4 amide bonds. The predicted octanol–water partition coefficient (Wildman–Crippen LogP) is 8.74. The van der Waals surface area contributed by atoms with Gasteiger partial charge in [-0.25, -0.2) is 29.0 Å². The van der Waals surface area contributed by atoms with Crippen LogP contribution in [0.4, 0.5) is 11.4 Å². The van der Waals surface area contributed by atoms with Gasteiger partial charge in [0.1, 0.15) is 0 Å². The maximum atomic E-state index is 14.3. The number of aromatic carboxylic acids is 4. The van der Waals surface area contributed by atoms with Crippen molar-refractivity contribution < 1.29 is 58.8 Å². The van der Waals surface area contributed by atoms with Gasteiger partial charge in [0, 0.05) is 63.2 Å². The van der Waals surface area contributed by atoms with E-state index in [1.54, 1.807) is 0 Å². The third-order valence-electron chi connectivity index (χ3n) is 10.2. The van der Waals surface area contributed by atoms with E-state index in [0.717, 1.165) is 36.4 Å². The molecule has 0 atom stereocenters. The number of carbonyl (C=O) groups is 8. The smallest absolute Gasteiger partial charge is 0.335 e. The van der Waals surface area contributed by atoms with E-state index in [-0.39, 0.29) is 96.8 Å². The van der Waals surface area contributed by atoms with Crippen molar-refractivity contribution >= 4 is 148 Å². The number of hydrogen-bond donors (Lipinski definition) is 4. The zero-order valence-electron chi connectivity index (χ0n) is 28.2. The fourth-order valence-electron chi connectivity index (χ4n) is 7.90. The van der Waals surface area contributed by atoms with Crippen molar-refractivity contribution in [3.8, 4) is 0 Å². The molecule has 0 bridgehead atoms. The Morgan fingerprint density at radius 2 is 0.569 bits per heavy atom. The molecule has 7 aromatic rings. The second-order valence-electron chi connectivity index (χ2n) is 13.3. The minimum atomic E-state index is -1.52. The molecule has 18 heteroatoms. The second-order valence-corrected chi connectivity index (χ2v) is 14.9. The minimum absolute atomic E-state index is 0.0509. The molecule has 14 nitrogen and oxygen atoms in total. The van der Waals surface area contributed by atoms with E-state index in [1.165, 1.54) is 24.3 Å². The number of amides is 4. The molecule has 0 radical (unpaired) electrons. The van der Waals surface area contributed by atoms with Crippen molar-refractivity contribution in [3.05, 3.63) is 125 Å². The molecule has 0 unspecified atom stereocenters. The number of hydrogen-bond acceptors (Lipinski definition) is 8. The SMILES string of the molecule is O=C(O)c1cc(C(=O)O)cc(N2C(=O)c3cc(Cl)c4c5c(Cl)cc6c7c(cc(Cl)c(c8c(Cl)cc(c3c48)C2=O)c75)C(=O)N(c2cc(C(=O)O)cc(C(=O)O)c2)C6=O)c1. The Bertz CT molecular complexity index is 2870. The monoisotopic (exact) mass is 854 g/mol. The van der Waals surface area contributed by atoms with Crippen molar-refractivity contribution in [2.24, 2.45) is 0 Å². The summed E-state index contributed by atoms with van der Waals surface area (Å²) in [5.74, 6) is -10.0. The second kappa shape index (κ2) is 12.3. The molecule has 0 saturated heterocycles. The van der Waals surface area contributed by atoms with Crippen LogP contribution in [-0.4, -0.2) is 67.9 Å². The third kappa shape index (κ3) is 4.86. The Labute approximate surface area is 340 Å². The number of nitrogens with zero attached hydrogens (tertiary/aromatic N) is 2. The maximum Gasteiger partial charge on any atom is 0.335 e. The van der Waals surface area contributed by atoms with E-state index >= 15 is 0 Å². The number of carboxylic acids is 4. The normalized spacial score (nSPS) is 13.8. The summed E-state index contributed by atoms with van der Waals surface area (Å²) in [5, 5.41) is 39.2. The highest BCUT2D eigenvalue weighted by atomic mass is 35.5. The molecular formula is C40H14Cl4N2O12. The number of anilines is 2.